The van der Waals surface area contributed by atoms with Crippen molar-refractivity contribution in [2.24, 2.45) is 0 Å². The molecule has 182 valence electrons. The normalized spacial score (nSPS) is 15.9. The third kappa shape index (κ3) is 8.90. The number of ether oxygens (including phenoxy) is 1. The van der Waals surface area contributed by atoms with Gasteiger partial charge in [0.2, 0.25) is 0 Å². The van der Waals surface area contributed by atoms with Gasteiger partial charge in [-0.25, -0.2) is 0 Å². The summed E-state index contributed by atoms with van der Waals surface area (Å²) >= 11 is -0.786. The van der Waals surface area contributed by atoms with Crippen molar-refractivity contribution in [2.45, 2.75) is 127 Å². The van der Waals surface area contributed by atoms with Gasteiger partial charge in [0.1, 0.15) is 0 Å². The number of rotatable bonds is 12. The molecule has 1 saturated heterocycles. The van der Waals surface area contributed by atoms with Gasteiger partial charge in [-0.1, -0.05) is 0 Å². The van der Waals surface area contributed by atoms with Crippen LogP contribution in [0.5, 0.6) is 0 Å². The number of piperidine rings is 1. The Kier molecular flexibility index (Phi) is 11.4. The molecule has 0 bridgehead atoms. The van der Waals surface area contributed by atoms with Crippen molar-refractivity contribution in [3.63, 3.8) is 0 Å². The number of hydrogen-bond acceptors (Lipinski definition) is 3. The van der Waals surface area contributed by atoms with E-state index in [0.29, 0.717) is 9.47 Å². The number of unbranched alkanes of at least 4 members (excludes halogenated alkanes) is 3. The summed E-state index contributed by atoms with van der Waals surface area (Å²) in [6.07, 6.45) is 16.1. The standard InChI is InChI=1S/C13H20N3O2.C13H27.Sn/c1-13(2,3)18-12(17)15-9-5-11(6-10-15)16-8-4-7-14-16;1-4-7-10-13(11-8-5-2)12-9-6-3;/h4,8,11H,5-6,9-10H2,1-3H3;4-12H2,1-3H3;. The van der Waals surface area contributed by atoms with Gasteiger partial charge in [-0.15, -0.1) is 0 Å². The average Bonchev–Trinajstić information content (AvgIpc) is 3.22. The number of aromatic nitrogens is 2. The summed E-state index contributed by atoms with van der Waals surface area (Å²) in [6.45, 7) is 14.3. The molecule has 1 amide bonds. The van der Waals surface area contributed by atoms with Gasteiger partial charge in [0.25, 0.3) is 0 Å². The van der Waals surface area contributed by atoms with Crippen LogP contribution in [0, 0.1) is 0 Å². The van der Waals surface area contributed by atoms with Crippen molar-refractivity contribution in [3.8, 4) is 0 Å². The molecule has 6 heteroatoms. The summed E-state index contributed by atoms with van der Waals surface area (Å²) in [7, 11) is 0. The Bertz CT molecular complexity index is 653. The maximum absolute atomic E-state index is 12.4. The zero-order valence-corrected chi connectivity index (χ0v) is 24.4. The number of amides is 1. The van der Waals surface area contributed by atoms with Gasteiger partial charge in [0.05, 0.1) is 0 Å². The van der Waals surface area contributed by atoms with Crippen LogP contribution in [0.15, 0.2) is 12.3 Å². The summed E-state index contributed by atoms with van der Waals surface area (Å²) in [5, 5.41) is 5.13. The van der Waals surface area contributed by atoms with Crippen LogP contribution in [0.3, 0.4) is 0 Å². The number of nitrogens with zero attached hydrogens (tertiary/aromatic N) is 3. The third-order valence-electron chi connectivity index (χ3n) is 6.52. The second kappa shape index (κ2) is 13.2. The van der Waals surface area contributed by atoms with E-state index in [1.807, 2.05) is 25.7 Å². The van der Waals surface area contributed by atoms with Crippen LogP contribution in [0.2, 0.25) is 3.43 Å². The molecule has 1 fully saturated rings. The molecule has 0 saturated carbocycles. The Hall–Kier alpha value is -0.721. The molecule has 0 aliphatic carbocycles. The minimum atomic E-state index is -0.786. The van der Waals surface area contributed by atoms with E-state index in [9.17, 15) is 4.79 Å². The van der Waals surface area contributed by atoms with E-state index in [0.717, 1.165) is 25.9 Å². The second-order valence-corrected chi connectivity index (χ2v) is 15.8. The van der Waals surface area contributed by atoms with Crippen LogP contribution in [0.1, 0.15) is 118 Å². The van der Waals surface area contributed by atoms with Crippen LogP contribution >= 0.6 is 0 Å². The first-order valence-corrected chi connectivity index (χ1v) is 15.9. The van der Waals surface area contributed by atoms with Crippen LogP contribution in [0.4, 0.5) is 4.79 Å². The molecule has 2 radical (unpaired) electrons. The topological polar surface area (TPSA) is 47.4 Å². The van der Waals surface area contributed by atoms with Crippen LogP contribution < -0.4 is 3.71 Å². The van der Waals surface area contributed by atoms with Gasteiger partial charge in [0, 0.05) is 0 Å². The molecule has 1 aliphatic rings. The van der Waals surface area contributed by atoms with E-state index in [1.54, 1.807) is 0 Å². The summed E-state index contributed by atoms with van der Waals surface area (Å²) in [6, 6.07) is 2.73. The summed E-state index contributed by atoms with van der Waals surface area (Å²) in [5.74, 6) is 0. The number of carbonyl (C=O) groups is 1. The Morgan fingerprint density at radius 1 is 1.03 bits per heavy atom. The zero-order chi connectivity index (χ0) is 23.6. The molecule has 2 heterocycles. The molecule has 32 heavy (non-hydrogen) atoms. The molecule has 0 unspecified atom stereocenters. The van der Waals surface area contributed by atoms with Crippen LogP contribution in [0.25, 0.3) is 0 Å². The Morgan fingerprint density at radius 3 is 2.03 bits per heavy atom. The van der Waals surface area contributed by atoms with Gasteiger partial charge in [-0.2, -0.15) is 0 Å². The Morgan fingerprint density at radius 2 is 1.56 bits per heavy atom. The molecular weight excluding hydrogens is 505 g/mol. The first-order chi connectivity index (χ1) is 15.2. The summed E-state index contributed by atoms with van der Waals surface area (Å²) in [4.78, 5) is 14.2. The van der Waals surface area contributed by atoms with E-state index in [-0.39, 0.29) is 6.09 Å². The van der Waals surface area contributed by atoms with Crippen molar-refractivity contribution in [1.29, 1.82) is 0 Å². The van der Waals surface area contributed by atoms with Crippen LogP contribution in [-0.4, -0.2) is 60.6 Å². The number of carbonyl (C=O) groups excluding carboxylic acids is 1. The molecule has 5 nitrogen and oxygen atoms in total. The van der Waals surface area contributed by atoms with Crippen LogP contribution in [-0.2, 0) is 4.74 Å². The first kappa shape index (κ1) is 27.5. The zero-order valence-electron chi connectivity index (χ0n) is 21.6. The first-order valence-electron chi connectivity index (χ1n) is 13.0. The van der Waals surface area contributed by atoms with Gasteiger partial charge >= 0.3 is 208 Å². The predicted molar refractivity (Wildman–Crippen MR) is 135 cm³/mol. The molecular formula is C26H47N3O2Sn. The maximum atomic E-state index is 12.4. The fourth-order valence-electron chi connectivity index (χ4n) is 4.63. The number of hydrogen-bond donors (Lipinski definition) is 0. The predicted octanol–water partition coefficient (Wildman–Crippen LogP) is 6.51. The summed E-state index contributed by atoms with van der Waals surface area (Å²) in [5.41, 5.74) is -0.434. The molecule has 2 rings (SSSR count). The molecule has 0 spiro atoms. The Balaban J connectivity index is 2.01. The molecule has 1 aromatic heterocycles. The monoisotopic (exact) mass is 553 g/mol. The van der Waals surface area contributed by atoms with Crippen molar-refractivity contribution in [1.82, 2.24) is 14.7 Å². The molecule has 0 atom stereocenters. The molecule has 0 aromatic carbocycles. The fourth-order valence-corrected chi connectivity index (χ4v) is 9.68. The van der Waals surface area contributed by atoms with Crippen molar-refractivity contribution >= 4 is 30.9 Å². The van der Waals surface area contributed by atoms with Gasteiger partial charge < -0.3 is 0 Å². The molecule has 1 aliphatic heterocycles. The van der Waals surface area contributed by atoms with Crippen molar-refractivity contribution < 1.29 is 9.53 Å². The minimum absolute atomic E-state index is 0.182. The van der Waals surface area contributed by atoms with Gasteiger partial charge in [-0.3, -0.25) is 0 Å². The Labute approximate surface area is 207 Å². The van der Waals surface area contributed by atoms with Gasteiger partial charge in [-0.05, 0) is 0 Å². The van der Waals surface area contributed by atoms with E-state index in [2.05, 4.69) is 37.7 Å². The van der Waals surface area contributed by atoms with E-state index in [4.69, 9.17) is 9.84 Å². The van der Waals surface area contributed by atoms with E-state index >= 15 is 0 Å². The second-order valence-electron chi connectivity index (χ2n) is 10.6. The van der Waals surface area contributed by atoms with E-state index in [1.165, 1.54) is 61.5 Å². The van der Waals surface area contributed by atoms with Crippen molar-refractivity contribution in [3.05, 3.63) is 12.3 Å². The van der Waals surface area contributed by atoms with Crippen molar-refractivity contribution in [2.75, 3.05) is 13.1 Å². The van der Waals surface area contributed by atoms with E-state index < -0.39 is 26.7 Å². The number of likely N-dealkylation sites (tertiary alicyclic amines) is 1. The molecule has 0 N–H and O–H groups in total. The third-order valence-corrected chi connectivity index (χ3v) is 11.7. The SMILES string of the molecule is CCCC[C](CCCC)(CCCC)[Sn][c]1ccn(C2CCN(C(=O)OC(C)(C)C)CC2)n1. The fraction of sp³-hybridized carbons (Fsp3) is 0.846. The van der Waals surface area contributed by atoms with Gasteiger partial charge in [0.15, 0.2) is 0 Å². The summed E-state index contributed by atoms with van der Waals surface area (Å²) < 4.78 is 9.76. The average molecular weight is 552 g/mol. The molecule has 1 aromatic rings. The quantitative estimate of drug-likeness (QED) is 0.278.